The van der Waals surface area contributed by atoms with Crippen LogP contribution in [0.4, 0.5) is 4.39 Å². The van der Waals surface area contributed by atoms with Gasteiger partial charge in [0.05, 0.1) is 6.10 Å². The number of hydrogen-bond donors (Lipinski definition) is 2. The molecule has 2 N–H and O–H groups in total. The second-order valence-electron chi connectivity index (χ2n) is 4.79. The zero-order valence-electron chi connectivity index (χ0n) is 11.9. The van der Waals surface area contributed by atoms with Gasteiger partial charge >= 0.3 is 0 Å². The van der Waals surface area contributed by atoms with Crippen LogP contribution in [0.25, 0.3) is 0 Å². The molecule has 1 atom stereocenters. The fraction of sp³-hybridized carbons (Fsp3) is 0.600. The molecule has 0 fully saturated rings. The Hall–Kier alpha value is -0.580. The lowest BCUT2D eigenvalue weighted by Gasteiger charge is -2.30. The summed E-state index contributed by atoms with van der Waals surface area (Å²) in [6.07, 6.45) is 3.74. The zero-order valence-corrected chi connectivity index (χ0v) is 12.8. The van der Waals surface area contributed by atoms with Gasteiger partial charge in [0.15, 0.2) is 0 Å². The van der Waals surface area contributed by atoms with Gasteiger partial charge in [0, 0.05) is 17.8 Å². The molecule has 1 unspecified atom stereocenters. The number of hydrogen-bond acceptors (Lipinski definition) is 3. The van der Waals surface area contributed by atoms with Crippen LogP contribution in [0.5, 0.6) is 0 Å². The van der Waals surface area contributed by atoms with Crippen LogP contribution in [0.15, 0.2) is 24.3 Å². The summed E-state index contributed by atoms with van der Waals surface area (Å²) < 4.78 is 13.0. The fourth-order valence-corrected chi connectivity index (χ4v) is 2.92. The van der Waals surface area contributed by atoms with Crippen LogP contribution in [0.2, 0.25) is 0 Å². The Morgan fingerprint density at radius 3 is 2.32 bits per heavy atom. The van der Waals surface area contributed by atoms with Gasteiger partial charge in [-0.3, -0.25) is 0 Å². The Morgan fingerprint density at radius 2 is 1.84 bits per heavy atom. The number of thioether (sulfide) groups is 1. The molecule has 1 rings (SSSR count). The van der Waals surface area contributed by atoms with Crippen molar-refractivity contribution in [2.75, 3.05) is 19.3 Å². The highest BCUT2D eigenvalue weighted by atomic mass is 32.2. The summed E-state index contributed by atoms with van der Waals surface area (Å²) in [5.74, 6) is -0.276. The van der Waals surface area contributed by atoms with Crippen molar-refractivity contribution in [1.29, 1.82) is 0 Å². The second-order valence-corrected chi connectivity index (χ2v) is 6.07. The third-order valence-corrected chi connectivity index (χ3v) is 5.35. The van der Waals surface area contributed by atoms with E-state index in [1.165, 1.54) is 12.1 Å². The normalized spacial score (nSPS) is 13.5. The molecule has 0 aliphatic rings. The van der Waals surface area contributed by atoms with Gasteiger partial charge in [-0.05, 0) is 36.8 Å². The molecule has 0 saturated carbocycles. The first-order valence-corrected chi connectivity index (χ1v) is 7.98. The third kappa shape index (κ3) is 4.79. The Labute approximate surface area is 119 Å². The number of nitrogens with one attached hydrogen (secondary N) is 1. The largest absolute Gasteiger partial charge is 0.387 e. The molecular formula is C15H24FNOS. The first kappa shape index (κ1) is 16.5. The van der Waals surface area contributed by atoms with E-state index in [4.69, 9.17) is 0 Å². The molecule has 0 radical (unpaired) electrons. The lowest BCUT2D eigenvalue weighted by Crippen LogP contribution is -2.38. The Bertz CT molecular complexity index is 357. The molecule has 1 aromatic carbocycles. The monoisotopic (exact) mass is 285 g/mol. The summed E-state index contributed by atoms with van der Waals surface area (Å²) in [5.41, 5.74) is 0.747. The molecule has 0 bridgehead atoms. The van der Waals surface area contributed by atoms with Gasteiger partial charge in [0.2, 0.25) is 0 Å². The van der Waals surface area contributed by atoms with E-state index in [0.29, 0.717) is 6.54 Å². The molecule has 1 aromatic rings. The molecule has 4 heteroatoms. The average Bonchev–Trinajstić information content (AvgIpc) is 2.45. The van der Waals surface area contributed by atoms with Gasteiger partial charge in [-0.25, -0.2) is 4.39 Å². The standard InChI is InChI=1S/C15H24FNOS/c1-4-15(5-2,19-3)11-17-10-14(18)12-6-8-13(16)9-7-12/h6-9,14,17-18H,4-5,10-11H2,1-3H3. The van der Waals surface area contributed by atoms with Gasteiger partial charge in [0.1, 0.15) is 5.82 Å². The fourth-order valence-electron chi connectivity index (χ4n) is 2.10. The van der Waals surface area contributed by atoms with Crippen molar-refractivity contribution in [2.45, 2.75) is 37.5 Å². The van der Waals surface area contributed by atoms with Gasteiger partial charge < -0.3 is 10.4 Å². The number of aliphatic hydroxyl groups is 1. The lowest BCUT2D eigenvalue weighted by atomic mass is 10.0. The summed E-state index contributed by atoms with van der Waals surface area (Å²) in [6.45, 7) is 5.75. The van der Waals surface area contributed by atoms with E-state index in [1.807, 2.05) is 11.8 Å². The zero-order chi connectivity index (χ0) is 14.3. The van der Waals surface area contributed by atoms with E-state index in [1.54, 1.807) is 12.1 Å². The van der Waals surface area contributed by atoms with Crippen LogP contribution in [-0.4, -0.2) is 29.2 Å². The topological polar surface area (TPSA) is 32.3 Å². The number of aliphatic hydroxyl groups excluding tert-OH is 1. The minimum atomic E-state index is -0.589. The van der Waals surface area contributed by atoms with Gasteiger partial charge in [-0.1, -0.05) is 26.0 Å². The summed E-state index contributed by atoms with van der Waals surface area (Å²) in [5, 5.41) is 13.4. The van der Waals surface area contributed by atoms with Crippen LogP contribution in [0.3, 0.4) is 0 Å². The smallest absolute Gasteiger partial charge is 0.123 e. The Kier molecular flexibility index (Phi) is 6.83. The molecule has 0 aromatic heterocycles. The number of benzene rings is 1. The molecule has 19 heavy (non-hydrogen) atoms. The van der Waals surface area contributed by atoms with Crippen molar-refractivity contribution >= 4 is 11.8 Å². The second kappa shape index (κ2) is 7.88. The van der Waals surface area contributed by atoms with Crippen molar-refractivity contribution in [1.82, 2.24) is 5.32 Å². The summed E-state index contributed by atoms with van der Waals surface area (Å²) in [7, 11) is 0. The minimum absolute atomic E-state index is 0.239. The maximum absolute atomic E-state index is 12.8. The van der Waals surface area contributed by atoms with Crippen LogP contribution in [0, 0.1) is 5.82 Å². The lowest BCUT2D eigenvalue weighted by molar-refractivity contribution is 0.173. The quantitative estimate of drug-likeness (QED) is 0.768. The van der Waals surface area contributed by atoms with Crippen molar-refractivity contribution in [2.24, 2.45) is 0 Å². The molecule has 108 valence electrons. The van der Waals surface area contributed by atoms with E-state index >= 15 is 0 Å². The molecule has 0 aliphatic heterocycles. The predicted molar refractivity (Wildman–Crippen MR) is 81.1 cm³/mol. The Balaban J connectivity index is 2.46. The van der Waals surface area contributed by atoms with E-state index < -0.39 is 6.10 Å². The van der Waals surface area contributed by atoms with Crippen LogP contribution >= 0.6 is 11.8 Å². The van der Waals surface area contributed by atoms with Crippen molar-refractivity contribution in [3.05, 3.63) is 35.6 Å². The minimum Gasteiger partial charge on any atom is -0.387 e. The average molecular weight is 285 g/mol. The van der Waals surface area contributed by atoms with Crippen LogP contribution in [-0.2, 0) is 0 Å². The van der Waals surface area contributed by atoms with E-state index in [9.17, 15) is 9.50 Å². The SMILES string of the molecule is CCC(CC)(CNCC(O)c1ccc(F)cc1)SC. The van der Waals surface area contributed by atoms with Gasteiger partial charge in [0.25, 0.3) is 0 Å². The molecule has 0 aliphatic carbocycles. The van der Waals surface area contributed by atoms with Crippen LogP contribution < -0.4 is 5.32 Å². The predicted octanol–water partition coefficient (Wildman–Crippen LogP) is 3.37. The maximum Gasteiger partial charge on any atom is 0.123 e. The third-order valence-electron chi connectivity index (χ3n) is 3.76. The molecule has 0 saturated heterocycles. The van der Waals surface area contributed by atoms with Gasteiger partial charge in [-0.15, -0.1) is 0 Å². The van der Waals surface area contributed by atoms with Crippen molar-refractivity contribution in [3.8, 4) is 0 Å². The van der Waals surface area contributed by atoms with Crippen LogP contribution in [0.1, 0.15) is 38.4 Å². The van der Waals surface area contributed by atoms with Gasteiger partial charge in [-0.2, -0.15) is 11.8 Å². The molecule has 2 nitrogen and oxygen atoms in total. The molecule has 0 spiro atoms. The molecule has 0 heterocycles. The highest BCUT2D eigenvalue weighted by Crippen LogP contribution is 2.29. The van der Waals surface area contributed by atoms with E-state index in [2.05, 4.69) is 25.4 Å². The first-order valence-electron chi connectivity index (χ1n) is 6.76. The van der Waals surface area contributed by atoms with Crippen molar-refractivity contribution < 1.29 is 9.50 Å². The number of halogens is 1. The summed E-state index contributed by atoms with van der Waals surface area (Å²) >= 11 is 1.87. The van der Waals surface area contributed by atoms with Crippen molar-refractivity contribution in [3.63, 3.8) is 0 Å². The highest BCUT2D eigenvalue weighted by Gasteiger charge is 2.24. The Morgan fingerprint density at radius 1 is 1.26 bits per heavy atom. The maximum atomic E-state index is 12.8. The number of rotatable bonds is 8. The van der Waals surface area contributed by atoms with E-state index in [0.717, 1.165) is 24.9 Å². The highest BCUT2D eigenvalue weighted by molar-refractivity contribution is 8.00. The molecule has 0 amide bonds. The summed E-state index contributed by atoms with van der Waals surface area (Å²) in [4.78, 5) is 0. The summed E-state index contributed by atoms with van der Waals surface area (Å²) in [6, 6.07) is 6.01. The molecular weight excluding hydrogens is 261 g/mol. The first-order chi connectivity index (χ1) is 9.06. The van der Waals surface area contributed by atoms with E-state index in [-0.39, 0.29) is 10.6 Å².